The minimum Gasteiger partial charge on any atom is -0.486 e. The molecule has 1 N–H and O–H groups in total. The first kappa shape index (κ1) is 20.4. The van der Waals surface area contributed by atoms with E-state index in [0.717, 1.165) is 5.56 Å². The molecule has 1 aromatic carbocycles. The van der Waals surface area contributed by atoms with Gasteiger partial charge in [0, 0.05) is 25.5 Å². The summed E-state index contributed by atoms with van der Waals surface area (Å²) in [6, 6.07) is 8.84. The smallest absolute Gasteiger partial charge is 0.179 e. The van der Waals surface area contributed by atoms with Crippen LogP contribution in [0.5, 0.6) is 5.75 Å². The van der Waals surface area contributed by atoms with Gasteiger partial charge >= 0.3 is 0 Å². The Balaban J connectivity index is 1.52. The van der Waals surface area contributed by atoms with Crippen molar-refractivity contribution in [3.05, 3.63) is 47.1 Å². The number of hydrogen-bond acceptors (Lipinski definition) is 6. The second kappa shape index (κ2) is 7.78. The first-order valence-electron chi connectivity index (χ1n) is 9.73. The van der Waals surface area contributed by atoms with Crippen LogP contribution in [0.3, 0.4) is 0 Å². The van der Waals surface area contributed by atoms with E-state index < -0.39 is 15.9 Å². The van der Waals surface area contributed by atoms with Crippen LogP contribution in [0.2, 0.25) is 5.02 Å². The standard InChI is InChI=1S/C21H25ClN2O4S/c1-13-5-6-16(22)18(8-13)28-19-10-15-12-24(11-14(15)9-17(19)25)21-20(29(2,26)27)4-3-7-23-21/h3-8,14-15,17,19,25H,9-12H2,1-2H3/t14-,15+,17+,19+/m0/s1. The second-order valence-corrected chi connectivity index (χ2v) is 10.5. The van der Waals surface area contributed by atoms with Crippen molar-refractivity contribution >= 4 is 27.3 Å². The summed E-state index contributed by atoms with van der Waals surface area (Å²) in [4.78, 5) is 6.62. The lowest BCUT2D eigenvalue weighted by atomic mass is 9.78. The lowest BCUT2D eigenvalue weighted by Crippen LogP contribution is -2.42. The molecular weight excluding hydrogens is 412 g/mol. The van der Waals surface area contributed by atoms with Gasteiger partial charge in [-0.05, 0) is 61.4 Å². The van der Waals surface area contributed by atoms with Crippen LogP contribution in [0.4, 0.5) is 5.82 Å². The van der Waals surface area contributed by atoms with Gasteiger partial charge in [0.25, 0.3) is 0 Å². The molecule has 156 valence electrons. The number of aromatic nitrogens is 1. The highest BCUT2D eigenvalue weighted by atomic mass is 35.5. The third kappa shape index (κ3) is 4.22. The third-order valence-electron chi connectivity index (χ3n) is 5.90. The molecule has 1 aromatic heterocycles. The number of anilines is 1. The molecule has 29 heavy (non-hydrogen) atoms. The summed E-state index contributed by atoms with van der Waals surface area (Å²) in [5.74, 6) is 1.65. The van der Waals surface area contributed by atoms with Gasteiger partial charge in [-0.1, -0.05) is 17.7 Å². The highest BCUT2D eigenvalue weighted by Gasteiger charge is 2.43. The average molecular weight is 437 g/mol. The van der Waals surface area contributed by atoms with Gasteiger partial charge in [-0.15, -0.1) is 0 Å². The number of aliphatic hydroxyl groups is 1. The molecule has 2 heterocycles. The first-order chi connectivity index (χ1) is 13.7. The van der Waals surface area contributed by atoms with Gasteiger partial charge in [0.1, 0.15) is 22.6 Å². The SMILES string of the molecule is Cc1ccc(Cl)c(O[C@@H]2C[C@@H]3CN(c4ncccc4S(C)(=O)=O)C[C@@H]3C[C@H]2O)c1. The summed E-state index contributed by atoms with van der Waals surface area (Å²) < 4.78 is 30.4. The number of hydrogen-bond donors (Lipinski definition) is 1. The van der Waals surface area contributed by atoms with Gasteiger partial charge in [0.2, 0.25) is 0 Å². The van der Waals surface area contributed by atoms with Gasteiger partial charge in [0.15, 0.2) is 9.84 Å². The molecule has 0 spiro atoms. The summed E-state index contributed by atoms with van der Waals surface area (Å²) >= 11 is 6.26. The van der Waals surface area contributed by atoms with Crippen LogP contribution in [-0.4, -0.2) is 50.1 Å². The highest BCUT2D eigenvalue weighted by molar-refractivity contribution is 7.90. The van der Waals surface area contributed by atoms with Crippen molar-refractivity contribution in [2.24, 2.45) is 11.8 Å². The van der Waals surface area contributed by atoms with Crippen LogP contribution in [0, 0.1) is 18.8 Å². The molecule has 8 heteroatoms. The van der Waals surface area contributed by atoms with E-state index in [4.69, 9.17) is 16.3 Å². The highest BCUT2D eigenvalue weighted by Crippen LogP contribution is 2.41. The summed E-state index contributed by atoms with van der Waals surface area (Å²) in [5, 5.41) is 11.2. The van der Waals surface area contributed by atoms with Crippen LogP contribution in [0.1, 0.15) is 18.4 Å². The van der Waals surface area contributed by atoms with Crippen molar-refractivity contribution in [3.8, 4) is 5.75 Å². The monoisotopic (exact) mass is 436 g/mol. The zero-order valence-corrected chi connectivity index (χ0v) is 18.0. The molecule has 1 aliphatic heterocycles. The molecule has 1 aliphatic carbocycles. The number of aryl methyl sites for hydroxylation is 1. The van der Waals surface area contributed by atoms with Crippen molar-refractivity contribution in [3.63, 3.8) is 0 Å². The molecular formula is C21H25ClN2O4S. The van der Waals surface area contributed by atoms with E-state index in [1.54, 1.807) is 24.4 Å². The molecule has 4 rings (SSSR count). The van der Waals surface area contributed by atoms with Gasteiger partial charge in [-0.25, -0.2) is 13.4 Å². The molecule has 1 saturated heterocycles. The van der Waals surface area contributed by atoms with E-state index in [1.165, 1.54) is 6.26 Å². The fourth-order valence-corrected chi connectivity index (χ4v) is 5.46. The van der Waals surface area contributed by atoms with E-state index in [9.17, 15) is 13.5 Å². The lowest BCUT2D eigenvalue weighted by Gasteiger charge is -2.35. The van der Waals surface area contributed by atoms with E-state index in [2.05, 4.69) is 4.98 Å². The minimum absolute atomic E-state index is 0.249. The molecule has 0 unspecified atom stereocenters. The summed E-state index contributed by atoms with van der Waals surface area (Å²) in [6.07, 6.45) is 3.19. The first-order valence-corrected chi connectivity index (χ1v) is 12.0. The Bertz CT molecular complexity index is 1010. The number of pyridine rings is 1. The van der Waals surface area contributed by atoms with Crippen LogP contribution in [0.25, 0.3) is 0 Å². The van der Waals surface area contributed by atoms with Gasteiger partial charge in [-0.2, -0.15) is 0 Å². The number of ether oxygens (including phenoxy) is 1. The molecule has 0 radical (unpaired) electrons. The van der Waals surface area contributed by atoms with E-state index in [0.29, 0.717) is 48.4 Å². The van der Waals surface area contributed by atoms with Crippen LogP contribution < -0.4 is 9.64 Å². The van der Waals surface area contributed by atoms with E-state index in [1.807, 2.05) is 24.0 Å². The normalized spacial score (nSPS) is 27.0. The van der Waals surface area contributed by atoms with Crippen LogP contribution >= 0.6 is 11.6 Å². The Morgan fingerprint density at radius 1 is 1.21 bits per heavy atom. The van der Waals surface area contributed by atoms with Crippen molar-refractivity contribution in [2.75, 3.05) is 24.2 Å². The van der Waals surface area contributed by atoms with Crippen molar-refractivity contribution < 1.29 is 18.3 Å². The molecule has 0 amide bonds. The predicted octanol–water partition coefficient (Wildman–Crippen LogP) is 3.10. The van der Waals surface area contributed by atoms with Gasteiger partial charge < -0.3 is 14.7 Å². The fourth-order valence-electron chi connectivity index (χ4n) is 4.46. The topological polar surface area (TPSA) is 79.7 Å². The fraction of sp³-hybridized carbons (Fsp3) is 0.476. The van der Waals surface area contributed by atoms with Gasteiger partial charge in [-0.3, -0.25) is 0 Å². The number of halogens is 1. The predicted molar refractivity (Wildman–Crippen MR) is 112 cm³/mol. The number of rotatable bonds is 4. The van der Waals surface area contributed by atoms with E-state index >= 15 is 0 Å². The number of nitrogens with zero attached hydrogens (tertiary/aromatic N) is 2. The molecule has 1 saturated carbocycles. The molecule has 2 aromatic rings. The Hall–Kier alpha value is -1.83. The maximum absolute atomic E-state index is 12.2. The Kier molecular flexibility index (Phi) is 5.48. The maximum Gasteiger partial charge on any atom is 0.179 e. The Morgan fingerprint density at radius 3 is 2.66 bits per heavy atom. The van der Waals surface area contributed by atoms with E-state index in [-0.39, 0.29) is 16.9 Å². The summed E-state index contributed by atoms with van der Waals surface area (Å²) in [6.45, 7) is 3.34. The Morgan fingerprint density at radius 2 is 1.93 bits per heavy atom. The third-order valence-corrected chi connectivity index (χ3v) is 7.33. The number of fused-ring (bicyclic) bond motifs is 1. The number of sulfone groups is 1. The van der Waals surface area contributed by atoms with Crippen molar-refractivity contribution in [2.45, 2.75) is 36.9 Å². The Labute approximate surface area is 176 Å². The number of benzene rings is 1. The maximum atomic E-state index is 12.2. The second-order valence-electron chi connectivity index (χ2n) is 8.15. The van der Waals surface area contributed by atoms with Gasteiger partial charge in [0.05, 0.1) is 11.1 Å². The molecule has 6 nitrogen and oxygen atoms in total. The quantitative estimate of drug-likeness (QED) is 0.793. The van der Waals surface area contributed by atoms with Crippen molar-refractivity contribution in [1.82, 2.24) is 4.98 Å². The molecule has 2 aliphatic rings. The summed E-state index contributed by atoms with van der Waals surface area (Å²) in [7, 11) is -3.37. The summed E-state index contributed by atoms with van der Waals surface area (Å²) in [5.41, 5.74) is 1.04. The average Bonchev–Trinajstić information content (AvgIpc) is 3.07. The zero-order valence-electron chi connectivity index (χ0n) is 16.5. The minimum atomic E-state index is -3.37. The van der Waals surface area contributed by atoms with Crippen LogP contribution in [-0.2, 0) is 9.84 Å². The van der Waals surface area contributed by atoms with Crippen LogP contribution in [0.15, 0.2) is 41.4 Å². The lowest BCUT2D eigenvalue weighted by molar-refractivity contribution is -0.0231. The molecule has 0 bridgehead atoms. The zero-order chi connectivity index (χ0) is 20.8. The molecule has 4 atom stereocenters. The largest absolute Gasteiger partial charge is 0.486 e. The number of aliphatic hydroxyl groups excluding tert-OH is 1. The van der Waals surface area contributed by atoms with Crippen molar-refractivity contribution in [1.29, 1.82) is 0 Å². The molecule has 2 fully saturated rings.